The molecule has 174 valence electrons. The average Bonchev–Trinajstić information content (AvgIpc) is 2.78. The summed E-state index contributed by atoms with van der Waals surface area (Å²) >= 11 is 12.2. The summed E-state index contributed by atoms with van der Waals surface area (Å²) in [5.74, 6) is -0.183. The molecule has 0 fully saturated rings. The fraction of sp³-hybridized carbons (Fsp3) is 0.200. The SMILES string of the molecule is CCN(CC)S(=O)(=O)c1ccc(Nc2ncnc(Nc3cccc(Cl)c3Cl)c2[N+](=O)[O-])cc1. The van der Waals surface area contributed by atoms with Crippen molar-refractivity contribution < 1.29 is 13.3 Å². The Balaban J connectivity index is 1.92. The van der Waals surface area contributed by atoms with E-state index in [1.54, 1.807) is 32.0 Å². The molecule has 13 heteroatoms. The van der Waals surface area contributed by atoms with E-state index in [0.717, 1.165) is 6.33 Å². The lowest BCUT2D eigenvalue weighted by Gasteiger charge is -2.18. The first kappa shape index (κ1) is 24.6. The second-order valence-electron chi connectivity index (χ2n) is 6.64. The fourth-order valence-corrected chi connectivity index (χ4v) is 4.83. The number of nitro groups is 1. The molecule has 0 aliphatic rings. The first-order valence-corrected chi connectivity index (χ1v) is 12.0. The quantitative estimate of drug-likeness (QED) is 0.296. The maximum atomic E-state index is 12.6. The van der Waals surface area contributed by atoms with Gasteiger partial charge in [0.15, 0.2) is 0 Å². The third kappa shape index (κ3) is 5.33. The van der Waals surface area contributed by atoms with E-state index in [2.05, 4.69) is 20.6 Å². The molecule has 2 aromatic carbocycles. The Kier molecular flexibility index (Phi) is 7.69. The number of hydrogen-bond acceptors (Lipinski definition) is 8. The summed E-state index contributed by atoms with van der Waals surface area (Å²) in [5, 5.41) is 17.9. The number of nitrogens with one attached hydrogen (secondary N) is 2. The van der Waals surface area contributed by atoms with E-state index in [9.17, 15) is 18.5 Å². The zero-order valence-corrected chi connectivity index (χ0v) is 19.9. The zero-order valence-electron chi connectivity index (χ0n) is 17.6. The minimum Gasteiger partial charge on any atom is -0.334 e. The van der Waals surface area contributed by atoms with Gasteiger partial charge in [0, 0.05) is 18.8 Å². The van der Waals surface area contributed by atoms with E-state index in [1.165, 1.54) is 28.6 Å². The van der Waals surface area contributed by atoms with Crippen molar-refractivity contribution in [1.29, 1.82) is 0 Å². The van der Waals surface area contributed by atoms with Gasteiger partial charge in [-0.1, -0.05) is 43.1 Å². The molecule has 0 bridgehead atoms. The second-order valence-corrected chi connectivity index (χ2v) is 9.36. The number of hydrogen-bond donors (Lipinski definition) is 2. The smallest absolute Gasteiger partial charge is 0.334 e. The van der Waals surface area contributed by atoms with Crippen LogP contribution in [0.15, 0.2) is 53.7 Å². The topological polar surface area (TPSA) is 130 Å². The minimum absolute atomic E-state index is 0.0880. The van der Waals surface area contributed by atoms with Crippen LogP contribution in [-0.2, 0) is 10.0 Å². The van der Waals surface area contributed by atoms with E-state index >= 15 is 0 Å². The van der Waals surface area contributed by atoms with Crippen molar-refractivity contribution in [2.75, 3.05) is 23.7 Å². The Labute approximate surface area is 200 Å². The summed E-state index contributed by atoms with van der Waals surface area (Å²) in [7, 11) is -3.62. The normalized spacial score (nSPS) is 11.4. The van der Waals surface area contributed by atoms with Crippen molar-refractivity contribution in [1.82, 2.24) is 14.3 Å². The van der Waals surface area contributed by atoms with Crippen molar-refractivity contribution in [3.8, 4) is 0 Å². The predicted molar refractivity (Wildman–Crippen MR) is 128 cm³/mol. The number of halogens is 2. The summed E-state index contributed by atoms with van der Waals surface area (Å²) in [6.07, 6.45) is 1.15. The Bertz CT molecular complexity index is 1270. The van der Waals surface area contributed by atoms with Crippen LogP contribution in [0.4, 0.5) is 28.7 Å². The van der Waals surface area contributed by atoms with Gasteiger partial charge >= 0.3 is 5.69 Å². The van der Waals surface area contributed by atoms with Crippen LogP contribution in [0.25, 0.3) is 0 Å². The maximum Gasteiger partial charge on any atom is 0.353 e. The van der Waals surface area contributed by atoms with Gasteiger partial charge in [-0.2, -0.15) is 4.31 Å². The van der Waals surface area contributed by atoms with Crippen molar-refractivity contribution >= 4 is 61.9 Å². The van der Waals surface area contributed by atoms with Crippen LogP contribution in [0.3, 0.4) is 0 Å². The number of sulfonamides is 1. The zero-order chi connectivity index (χ0) is 24.2. The third-order valence-electron chi connectivity index (χ3n) is 4.67. The van der Waals surface area contributed by atoms with Crippen molar-refractivity contribution in [2.24, 2.45) is 0 Å². The number of benzene rings is 2. The van der Waals surface area contributed by atoms with Crippen LogP contribution in [0.2, 0.25) is 10.0 Å². The highest BCUT2D eigenvalue weighted by atomic mass is 35.5. The molecule has 33 heavy (non-hydrogen) atoms. The van der Waals surface area contributed by atoms with Gasteiger partial charge in [0.05, 0.1) is 25.6 Å². The largest absolute Gasteiger partial charge is 0.353 e. The average molecular weight is 511 g/mol. The number of anilines is 4. The van der Waals surface area contributed by atoms with E-state index in [0.29, 0.717) is 24.5 Å². The molecule has 2 N–H and O–H groups in total. The van der Waals surface area contributed by atoms with Gasteiger partial charge in [-0.3, -0.25) is 10.1 Å². The Morgan fingerprint density at radius 3 is 2.18 bits per heavy atom. The highest BCUT2D eigenvalue weighted by molar-refractivity contribution is 7.89. The number of nitrogens with zero attached hydrogens (tertiary/aromatic N) is 4. The highest BCUT2D eigenvalue weighted by Gasteiger charge is 2.25. The van der Waals surface area contributed by atoms with Crippen LogP contribution < -0.4 is 10.6 Å². The molecular weight excluding hydrogens is 491 g/mol. The summed E-state index contributed by atoms with van der Waals surface area (Å²) in [6, 6.07) is 10.7. The first-order chi connectivity index (χ1) is 15.7. The Hall–Kier alpha value is -2.99. The van der Waals surface area contributed by atoms with E-state index < -0.39 is 20.6 Å². The molecule has 1 aromatic heterocycles. The van der Waals surface area contributed by atoms with Crippen molar-refractivity contribution in [3.05, 3.63) is 69.0 Å². The second kappa shape index (κ2) is 10.3. The maximum absolute atomic E-state index is 12.6. The molecule has 0 unspecified atom stereocenters. The summed E-state index contributed by atoms with van der Waals surface area (Å²) in [5.41, 5.74) is 0.318. The molecular formula is C20H20Cl2N6O4S. The van der Waals surface area contributed by atoms with Gasteiger partial charge in [-0.05, 0) is 36.4 Å². The number of rotatable bonds is 9. The molecule has 0 saturated heterocycles. The van der Waals surface area contributed by atoms with Crippen molar-refractivity contribution in [2.45, 2.75) is 18.7 Å². The Morgan fingerprint density at radius 2 is 1.61 bits per heavy atom. The standard InChI is InChI=1S/C20H20Cl2N6O4S/c1-3-27(4-2)33(31,32)14-10-8-13(9-11-14)25-19-18(28(29)30)20(24-12-23-19)26-16-7-5-6-15(21)17(16)22/h5-12H,3-4H2,1-2H3,(H2,23,24,25,26). The van der Waals surface area contributed by atoms with Gasteiger partial charge in [0.2, 0.25) is 21.7 Å². The van der Waals surface area contributed by atoms with E-state index in [4.69, 9.17) is 23.2 Å². The molecule has 3 aromatic rings. The van der Waals surface area contributed by atoms with E-state index in [1.807, 2.05) is 0 Å². The predicted octanol–water partition coefficient (Wildman–Crippen LogP) is 5.21. The van der Waals surface area contributed by atoms with Gasteiger partial charge in [-0.15, -0.1) is 0 Å². The van der Waals surface area contributed by atoms with Crippen molar-refractivity contribution in [3.63, 3.8) is 0 Å². The number of aromatic nitrogens is 2. The van der Waals surface area contributed by atoms with Crippen LogP contribution in [-0.4, -0.2) is 40.7 Å². The minimum atomic E-state index is -3.62. The van der Waals surface area contributed by atoms with Crippen LogP contribution >= 0.6 is 23.2 Å². The summed E-state index contributed by atoms with van der Waals surface area (Å²) in [4.78, 5) is 19.2. The molecule has 0 saturated carbocycles. The molecule has 3 rings (SSSR count). The van der Waals surface area contributed by atoms with Crippen LogP contribution in [0.1, 0.15) is 13.8 Å². The van der Waals surface area contributed by atoms with Gasteiger partial charge in [0.1, 0.15) is 6.33 Å². The van der Waals surface area contributed by atoms with Gasteiger partial charge in [0.25, 0.3) is 0 Å². The molecule has 0 aliphatic heterocycles. The molecule has 0 aliphatic carbocycles. The lowest BCUT2D eigenvalue weighted by atomic mass is 10.3. The monoisotopic (exact) mass is 510 g/mol. The molecule has 0 spiro atoms. The molecule has 0 radical (unpaired) electrons. The van der Waals surface area contributed by atoms with Crippen LogP contribution in [0.5, 0.6) is 0 Å². The fourth-order valence-electron chi connectivity index (χ4n) is 3.02. The molecule has 0 atom stereocenters. The van der Waals surface area contributed by atoms with Gasteiger partial charge < -0.3 is 10.6 Å². The lowest BCUT2D eigenvalue weighted by molar-refractivity contribution is -0.383. The summed E-state index contributed by atoms with van der Waals surface area (Å²) in [6.45, 7) is 4.21. The first-order valence-electron chi connectivity index (χ1n) is 9.76. The Morgan fingerprint density at radius 1 is 1.00 bits per heavy atom. The van der Waals surface area contributed by atoms with Crippen LogP contribution in [0, 0.1) is 10.1 Å². The summed E-state index contributed by atoms with van der Waals surface area (Å²) < 4.78 is 26.6. The third-order valence-corrected chi connectivity index (χ3v) is 7.55. The molecule has 0 amide bonds. The molecule has 10 nitrogen and oxygen atoms in total. The lowest BCUT2D eigenvalue weighted by Crippen LogP contribution is -2.30. The highest BCUT2D eigenvalue weighted by Crippen LogP contribution is 2.36. The van der Waals surface area contributed by atoms with E-state index in [-0.39, 0.29) is 26.6 Å². The van der Waals surface area contributed by atoms with Gasteiger partial charge in [-0.25, -0.2) is 18.4 Å². The molecule has 1 heterocycles.